The molecule has 2 aliphatic rings. The van der Waals surface area contributed by atoms with Crippen LogP contribution in [0.4, 0.5) is 20.3 Å². The van der Waals surface area contributed by atoms with E-state index in [4.69, 9.17) is 4.74 Å². The molecule has 2 aliphatic heterocycles. The van der Waals surface area contributed by atoms with Gasteiger partial charge >= 0.3 is 0 Å². The number of hydrogen-bond acceptors (Lipinski definition) is 7. The van der Waals surface area contributed by atoms with Crippen LogP contribution in [0, 0.1) is 5.92 Å². The molecule has 0 atom stereocenters. The SMILES string of the molecule is CCCCCCCn1c(=O)c(N2CCOCC2)cc2c(NCc3cccc(C(F)(F)C4CCN(C)CC4)c3)nn(C)c(=O)c21. The number of ether oxygens (including phenoxy) is 1. The van der Waals surface area contributed by atoms with Crippen molar-refractivity contribution in [3.05, 3.63) is 62.2 Å². The number of alkyl halides is 2. The molecule has 3 aromatic rings. The number of aryl methyl sites for hydroxylation is 2. The second-order valence-corrected chi connectivity index (χ2v) is 12.3. The molecule has 5 rings (SSSR count). The molecule has 4 heterocycles. The van der Waals surface area contributed by atoms with E-state index in [1.165, 1.54) is 10.7 Å². The lowest BCUT2D eigenvalue weighted by Gasteiger charge is -2.34. The van der Waals surface area contributed by atoms with Gasteiger partial charge in [-0.2, -0.15) is 5.10 Å². The number of halogens is 2. The summed E-state index contributed by atoms with van der Waals surface area (Å²) in [5.74, 6) is -3.17. The number of likely N-dealkylation sites (tertiary alicyclic amines) is 1. The third-order valence-electron chi connectivity index (χ3n) is 9.11. The maximum absolute atomic E-state index is 15.6. The summed E-state index contributed by atoms with van der Waals surface area (Å²) in [5, 5.41) is 8.39. The number of pyridine rings is 1. The molecule has 0 bridgehead atoms. The van der Waals surface area contributed by atoms with Crippen LogP contribution in [0.3, 0.4) is 0 Å². The Morgan fingerprint density at radius 2 is 1.70 bits per heavy atom. The first-order valence-corrected chi connectivity index (χ1v) is 16.1. The first kappa shape index (κ1) is 32.1. The van der Waals surface area contributed by atoms with Crippen LogP contribution in [0.5, 0.6) is 0 Å². The molecule has 0 saturated carbocycles. The summed E-state index contributed by atoms with van der Waals surface area (Å²) in [4.78, 5) is 31.4. The third kappa shape index (κ3) is 6.99. The van der Waals surface area contributed by atoms with Gasteiger partial charge in [-0.1, -0.05) is 50.8 Å². The molecule has 0 unspecified atom stereocenters. The zero-order valence-electron chi connectivity index (χ0n) is 26.3. The second kappa shape index (κ2) is 14.2. The Hall–Kier alpha value is -3.31. The summed E-state index contributed by atoms with van der Waals surface area (Å²) in [6.45, 7) is 6.37. The Morgan fingerprint density at radius 3 is 2.43 bits per heavy atom. The molecule has 1 N–H and O–H groups in total. The van der Waals surface area contributed by atoms with Crippen molar-refractivity contribution in [2.24, 2.45) is 13.0 Å². The number of benzene rings is 1. The molecule has 240 valence electrons. The van der Waals surface area contributed by atoms with E-state index < -0.39 is 11.8 Å². The van der Waals surface area contributed by atoms with Crippen molar-refractivity contribution >= 4 is 22.4 Å². The first-order chi connectivity index (χ1) is 21.2. The third-order valence-corrected chi connectivity index (χ3v) is 9.11. The monoisotopic (exact) mass is 612 g/mol. The Balaban J connectivity index is 1.47. The largest absolute Gasteiger partial charge is 0.378 e. The molecule has 0 amide bonds. The molecule has 44 heavy (non-hydrogen) atoms. The van der Waals surface area contributed by atoms with Gasteiger partial charge in [-0.15, -0.1) is 0 Å². The number of morpholine rings is 1. The highest BCUT2D eigenvalue weighted by atomic mass is 19.3. The number of unbranched alkanes of at least 4 members (excludes halogenated alkanes) is 4. The van der Waals surface area contributed by atoms with Gasteiger partial charge in [0.2, 0.25) is 0 Å². The second-order valence-electron chi connectivity index (χ2n) is 12.3. The Labute approximate surface area is 257 Å². The molecule has 2 fully saturated rings. The fraction of sp³-hybridized carbons (Fsp3) is 0.606. The average Bonchev–Trinajstić information content (AvgIpc) is 3.03. The van der Waals surface area contributed by atoms with Crippen LogP contribution in [-0.2, 0) is 30.8 Å². The van der Waals surface area contributed by atoms with Crippen LogP contribution in [0.25, 0.3) is 10.9 Å². The van der Waals surface area contributed by atoms with Crippen molar-refractivity contribution < 1.29 is 13.5 Å². The molecular formula is C33H46F2N6O3. The molecule has 9 nitrogen and oxygen atoms in total. The predicted molar refractivity (Wildman–Crippen MR) is 171 cm³/mol. The van der Waals surface area contributed by atoms with Crippen LogP contribution in [-0.4, -0.2) is 65.7 Å². The lowest BCUT2D eigenvalue weighted by Crippen LogP contribution is -2.41. The zero-order chi connectivity index (χ0) is 31.3. The van der Waals surface area contributed by atoms with Crippen LogP contribution >= 0.6 is 0 Å². The zero-order valence-corrected chi connectivity index (χ0v) is 26.3. The van der Waals surface area contributed by atoms with E-state index >= 15 is 8.78 Å². The Morgan fingerprint density at radius 1 is 0.977 bits per heavy atom. The van der Waals surface area contributed by atoms with Gasteiger partial charge in [0.25, 0.3) is 17.0 Å². The Kier molecular flexibility index (Phi) is 10.4. The minimum atomic E-state index is -2.92. The van der Waals surface area contributed by atoms with Crippen molar-refractivity contribution in [3.63, 3.8) is 0 Å². The summed E-state index contributed by atoms with van der Waals surface area (Å²) in [6.07, 6.45) is 6.02. The van der Waals surface area contributed by atoms with E-state index in [1.807, 2.05) is 18.0 Å². The lowest BCUT2D eigenvalue weighted by molar-refractivity contribution is -0.0837. The van der Waals surface area contributed by atoms with Crippen molar-refractivity contribution in [2.75, 3.05) is 56.7 Å². The topological polar surface area (TPSA) is 84.6 Å². The van der Waals surface area contributed by atoms with Crippen LogP contribution < -0.4 is 21.3 Å². The normalized spacial score (nSPS) is 17.0. The summed E-state index contributed by atoms with van der Waals surface area (Å²) in [7, 11) is 3.54. The van der Waals surface area contributed by atoms with E-state index in [0.717, 1.165) is 32.1 Å². The number of aromatic nitrogens is 3. The van der Waals surface area contributed by atoms with Crippen LogP contribution in [0.2, 0.25) is 0 Å². The number of nitrogens with zero attached hydrogens (tertiary/aromatic N) is 5. The highest BCUT2D eigenvalue weighted by Gasteiger charge is 2.42. The number of fused-ring (bicyclic) bond motifs is 1. The number of piperidine rings is 1. The molecule has 11 heteroatoms. The van der Waals surface area contributed by atoms with E-state index in [9.17, 15) is 9.59 Å². The van der Waals surface area contributed by atoms with Gasteiger partial charge in [0.1, 0.15) is 11.2 Å². The molecule has 2 aromatic heterocycles. The van der Waals surface area contributed by atoms with E-state index in [2.05, 4.69) is 22.2 Å². The van der Waals surface area contributed by atoms with E-state index in [-0.39, 0.29) is 23.2 Å². The summed E-state index contributed by atoms with van der Waals surface area (Å²) < 4.78 is 39.5. The average molecular weight is 613 g/mol. The minimum Gasteiger partial charge on any atom is -0.378 e. The summed E-state index contributed by atoms with van der Waals surface area (Å²) in [6, 6.07) is 8.33. The van der Waals surface area contributed by atoms with Crippen molar-refractivity contribution in [2.45, 2.75) is 70.9 Å². The van der Waals surface area contributed by atoms with Gasteiger partial charge in [0, 0.05) is 44.7 Å². The number of hydrogen-bond donors (Lipinski definition) is 1. The van der Waals surface area contributed by atoms with Crippen LogP contribution in [0.15, 0.2) is 39.9 Å². The van der Waals surface area contributed by atoms with Crippen molar-refractivity contribution in [1.82, 2.24) is 19.2 Å². The molecule has 0 aliphatic carbocycles. The molecular weight excluding hydrogens is 566 g/mol. The van der Waals surface area contributed by atoms with E-state index in [0.29, 0.717) is 86.8 Å². The van der Waals surface area contributed by atoms with Gasteiger partial charge in [0.15, 0.2) is 5.82 Å². The fourth-order valence-corrected chi connectivity index (χ4v) is 6.40. The first-order valence-electron chi connectivity index (χ1n) is 16.1. The highest BCUT2D eigenvalue weighted by Crippen LogP contribution is 2.41. The lowest BCUT2D eigenvalue weighted by atomic mass is 9.86. The molecule has 1 aromatic carbocycles. The summed E-state index contributed by atoms with van der Waals surface area (Å²) in [5.41, 5.74) is 1.02. The minimum absolute atomic E-state index is 0.0242. The molecule has 0 spiro atoms. The van der Waals surface area contributed by atoms with Crippen LogP contribution in [0.1, 0.15) is 63.0 Å². The van der Waals surface area contributed by atoms with Gasteiger partial charge in [-0.05, 0) is 57.1 Å². The van der Waals surface area contributed by atoms with Crippen molar-refractivity contribution in [3.8, 4) is 0 Å². The number of anilines is 2. The van der Waals surface area contributed by atoms with Gasteiger partial charge in [0.05, 0.1) is 18.6 Å². The number of nitrogens with one attached hydrogen (secondary N) is 1. The van der Waals surface area contributed by atoms with Gasteiger partial charge in [-0.25, -0.2) is 13.5 Å². The maximum Gasteiger partial charge on any atom is 0.291 e. The maximum atomic E-state index is 15.6. The quantitative estimate of drug-likeness (QED) is 0.290. The standard InChI is InChI=1S/C33H46F2N6O3/c1-4-5-6-7-8-14-41-29-27(22-28(31(41)42)40-17-19-44-20-18-40)30(37-39(3)32(29)43)36-23-24-10-9-11-26(21-24)33(34,35)25-12-15-38(2)16-13-25/h9-11,21-22,25H,4-8,12-20,23H2,1-3H3,(H,36,37). The molecule has 0 radical (unpaired) electrons. The van der Waals surface area contributed by atoms with Gasteiger partial charge < -0.3 is 24.4 Å². The van der Waals surface area contributed by atoms with Crippen molar-refractivity contribution in [1.29, 1.82) is 0 Å². The molecule has 2 saturated heterocycles. The Bertz CT molecular complexity index is 1540. The predicted octanol–water partition coefficient (Wildman–Crippen LogP) is 4.95. The summed E-state index contributed by atoms with van der Waals surface area (Å²) >= 11 is 0. The smallest absolute Gasteiger partial charge is 0.291 e. The highest BCUT2D eigenvalue weighted by molar-refractivity contribution is 5.91. The number of rotatable bonds is 12. The van der Waals surface area contributed by atoms with E-state index in [1.54, 1.807) is 29.8 Å². The van der Waals surface area contributed by atoms with Gasteiger partial charge in [-0.3, -0.25) is 9.59 Å². The fourth-order valence-electron chi connectivity index (χ4n) is 6.40.